The molecule has 1 aliphatic heterocycles. The first kappa shape index (κ1) is 11.2. The van der Waals surface area contributed by atoms with Crippen molar-refractivity contribution in [1.82, 2.24) is 4.90 Å². The Labute approximate surface area is 110 Å². The SMILES string of the molecule is O=C(O)C(=S)N1Cc2cccc3cccc(c23)C1. The van der Waals surface area contributed by atoms with Gasteiger partial charge < -0.3 is 10.0 Å². The van der Waals surface area contributed by atoms with Gasteiger partial charge in [0.25, 0.3) is 0 Å². The molecule has 0 radical (unpaired) electrons. The summed E-state index contributed by atoms with van der Waals surface area (Å²) in [6.45, 7) is 1.14. The Morgan fingerprint density at radius 2 is 1.67 bits per heavy atom. The number of carbonyl (C=O) groups is 1. The summed E-state index contributed by atoms with van der Waals surface area (Å²) in [6, 6.07) is 12.2. The number of aliphatic carboxylic acids is 1. The fourth-order valence-electron chi connectivity index (χ4n) is 2.51. The lowest BCUT2D eigenvalue weighted by atomic mass is 9.95. The first-order chi connectivity index (χ1) is 8.66. The van der Waals surface area contributed by atoms with Crippen LogP contribution < -0.4 is 0 Å². The molecular formula is C14H11NO2S. The van der Waals surface area contributed by atoms with Crippen LogP contribution in [0.15, 0.2) is 36.4 Å². The predicted molar refractivity (Wildman–Crippen MR) is 73.4 cm³/mol. The van der Waals surface area contributed by atoms with Gasteiger partial charge in [0.1, 0.15) is 0 Å². The molecule has 1 heterocycles. The molecule has 0 spiro atoms. The third kappa shape index (κ3) is 1.66. The van der Waals surface area contributed by atoms with Crippen LogP contribution in [0.2, 0.25) is 0 Å². The van der Waals surface area contributed by atoms with Gasteiger partial charge >= 0.3 is 5.97 Å². The average molecular weight is 257 g/mol. The third-order valence-corrected chi connectivity index (χ3v) is 3.70. The molecule has 2 aromatic carbocycles. The highest BCUT2D eigenvalue weighted by atomic mass is 32.1. The van der Waals surface area contributed by atoms with Crippen LogP contribution in [-0.4, -0.2) is 21.0 Å². The molecule has 1 aliphatic rings. The fraction of sp³-hybridized carbons (Fsp3) is 0.143. The summed E-state index contributed by atoms with van der Waals surface area (Å²) in [6.07, 6.45) is 0. The van der Waals surface area contributed by atoms with E-state index >= 15 is 0 Å². The van der Waals surface area contributed by atoms with Crippen molar-refractivity contribution >= 4 is 33.9 Å². The van der Waals surface area contributed by atoms with Crippen molar-refractivity contribution in [3.05, 3.63) is 47.5 Å². The van der Waals surface area contributed by atoms with Gasteiger partial charge in [0.05, 0.1) is 0 Å². The Morgan fingerprint density at radius 3 is 2.17 bits per heavy atom. The fourth-order valence-corrected chi connectivity index (χ4v) is 2.64. The van der Waals surface area contributed by atoms with E-state index in [1.807, 2.05) is 24.3 Å². The second kappa shape index (κ2) is 4.07. The van der Waals surface area contributed by atoms with Crippen LogP contribution in [0.5, 0.6) is 0 Å². The number of hydrogen-bond acceptors (Lipinski definition) is 2. The van der Waals surface area contributed by atoms with E-state index in [2.05, 4.69) is 12.1 Å². The first-order valence-corrected chi connectivity index (χ1v) is 6.09. The minimum absolute atomic E-state index is 0.0125. The van der Waals surface area contributed by atoms with Crippen LogP contribution in [0.3, 0.4) is 0 Å². The van der Waals surface area contributed by atoms with E-state index in [4.69, 9.17) is 17.3 Å². The molecule has 0 bridgehead atoms. The van der Waals surface area contributed by atoms with E-state index in [-0.39, 0.29) is 4.99 Å². The summed E-state index contributed by atoms with van der Waals surface area (Å²) < 4.78 is 0. The maximum absolute atomic E-state index is 11.0. The molecule has 1 N–H and O–H groups in total. The summed E-state index contributed by atoms with van der Waals surface area (Å²) in [5, 5.41) is 11.4. The number of benzene rings is 2. The second-order valence-corrected chi connectivity index (χ2v) is 4.79. The molecule has 18 heavy (non-hydrogen) atoms. The molecule has 0 unspecified atom stereocenters. The Balaban J connectivity index is 2.11. The van der Waals surface area contributed by atoms with Gasteiger partial charge in [-0.05, 0) is 21.9 Å². The molecule has 0 aliphatic carbocycles. The molecule has 0 saturated heterocycles. The van der Waals surface area contributed by atoms with Gasteiger partial charge in [-0.3, -0.25) is 0 Å². The van der Waals surface area contributed by atoms with Crippen LogP contribution >= 0.6 is 12.2 Å². The van der Waals surface area contributed by atoms with Crippen molar-refractivity contribution in [2.24, 2.45) is 0 Å². The van der Waals surface area contributed by atoms with Gasteiger partial charge in [0, 0.05) is 13.1 Å². The average Bonchev–Trinajstić information content (AvgIpc) is 2.38. The van der Waals surface area contributed by atoms with Crippen molar-refractivity contribution in [2.75, 3.05) is 0 Å². The van der Waals surface area contributed by atoms with Crippen molar-refractivity contribution in [2.45, 2.75) is 13.1 Å². The highest BCUT2D eigenvalue weighted by Crippen LogP contribution is 2.29. The lowest BCUT2D eigenvalue weighted by Gasteiger charge is -2.29. The molecule has 0 aromatic heterocycles. The zero-order valence-electron chi connectivity index (χ0n) is 9.59. The van der Waals surface area contributed by atoms with E-state index in [9.17, 15) is 4.79 Å². The van der Waals surface area contributed by atoms with Crippen LogP contribution in [0, 0.1) is 0 Å². The summed E-state index contributed by atoms with van der Waals surface area (Å²) in [7, 11) is 0. The third-order valence-electron chi connectivity index (χ3n) is 3.27. The van der Waals surface area contributed by atoms with Gasteiger partial charge in [-0.2, -0.15) is 0 Å². The summed E-state index contributed by atoms with van der Waals surface area (Å²) >= 11 is 4.96. The summed E-state index contributed by atoms with van der Waals surface area (Å²) in [5.41, 5.74) is 2.27. The van der Waals surface area contributed by atoms with E-state index in [1.165, 1.54) is 10.8 Å². The maximum Gasteiger partial charge on any atom is 0.363 e. The van der Waals surface area contributed by atoms with Crippen LogP contribution in [0.25, 0.3) is 10.8 Å². The van der Waals surface area contributed by atoms with Crippen LogP contribution in [-0.2, 0) is 17.9 Å². The molecule has 0 amide bonds. The normalized spacial score (nSPS) is 13.7. The van der Waals surface area contributed by atoms with Crippen molar-refractivity contribution in [3.8, 4) is 0 Å². The topological polar surface area (TPSA) is 40.5 Å². The van der Waals surface area contributed by atoms with Gasteiger partial charge in [0.2, 0.25) is 0 Å². The van der Waals surface area contributed by atoms with Crippen molar-refractivity contribution in [1.29, 1.82) is 0 Å². The van der Waals surface area contributed by atoms with Gasteiger partial charge in [-0.15, -0.1) is 0 Å². The minimum atomic E-state index is -1.03. The maximum atomic E-state index is 11.0. The van der Waals surface area contributed by atoms with Gasteiger partial charge in [-0.1, -0.05) is 48.6 Å². The quantitative estimate of drug-likeness (QED) is 0.736. The zero-order chi connectivity index (χ0) is 12.7. The Bertz CT molecular complexity index is 625. The molecule has 0 atom stereocenters. The minimum Gasteiger partial charge on any atom is -0.476 e. The molecule has 90 valence electrons. The number of nitrogens with zero attached hydrogens (tertiary/aromatic N) is 1. The largest absolute Gasteiger partial charge is 0.476 e. The van der Waals surface area contributed by atoms with Crippen LogP contribution in [0.1, 0.15) is 11.1 Å². The molecule has 4 heteroatoms. The van der Waals surface area contributed by atoms with Gasteiger partial charge in [-0.25, -0.2) is 4.79 Å². The number of rotatable bonds is 0. The summed E-state index contributed by atoms with van der Waals surface area (Å²) in [4.78, 5) is 12.7. The zero-order valence-corrected chi connectivity index (χ0v) is 10.4. The Kier molecular flexibility index (Phi) is 2.52. The van der Waals surface area contributed by atoms with E-state index < -0.39 is 5.97 Å². The van der Waals surface area contributed by atoms with E-state index in [0.717, 1.165) is 11.1 Å². The molecule has 0 saturated carbocycles. The molecule has 3 nitrogen and oxygen atoms in total. The standard InChI is InChI=1S/C14H11NO2S/c16-14(17)13(18)15-7-10-5-1-3-9-4-2-6-11(8-15)12(9)10/h1-6H,7-8H2,(H,16,17). The first-order valence-electron chi connectivity index (χ1n) is 5.68. The van der Waals surface area contributed by atoms with E-state index in [1.54, 1.807) is 4.90 Å². The molecule has 0 fully saturated rings. The van der Waals surface area contributed by atoms with Gasteiger partial charge in [0.15, 0.2) is 4.99 Å². The van der Waals surface area contributed by atoms with Crippen LogP contribution in [0.4, 0.5) is 0 Å². The second-order valence-electron chi connectivity index (χ2n) is 4.40. The van der Waals surface area contributed by atoms with Crippen molar-refractivity contribution < 1.29 is 9.90 Å². The van der Waals surface area contributed by atoms with Crippen molar-refractivity contribution in [3.63, 3.8) is 0 Å². The number of carboxylic acids is 1. The highest BCUT2D eigenvalue weighted by Gasteiger charge is 2.23. The molecule has 2 aromatic rings. The number of thiocarbonyl (C=S) groups is 1. The highest BCUT2D eigenvalue weighted by molar-refractivity contribution is 7.81. The Hall–Kier alpha value is -1.94. The molecular weight excluding hydrogens is 246 g/mol. The monoisotopic (exact) mass is 257 g/mol. The summed E-state index contributed by atoms with van der Waals surface area (Å²) in [5.74, 6) is -1.03. The Morgan fingerprint density at radius 1 is 1.11 bits per heavy atom. The lowest BCUT2D eigenvalue weighted by molar-refractivity contribution is -0.130. The molecule has 3 rings (SSSR count). The lowest BCUT2D eigenvalue weighted by Crippen LogP contribution is -2.36. The predicted octanol–water partition coefficient (Wildman–Crippen LogP) is 2.57. The van der Waals surface area contributed by atoms with E-state index in [0.29, 0.717) is 13.1 Å². The smallest absolute Gasteiger partial charge is 0.363 e. The number of carboxylic acid groups (broad SMARTS) is 1. The number of hydrogen-bond donors (Lipinski definition) is 1.